The van der Waals surface area contributed by atoms with Crippen LogP contribution in [0.15, 0.2) is 61.1 Å². The molecule has 122 valence electrons. The Morgan fingerprint density at radius 3 is 2.54 bits per heavy atom. The van der Waals surface area contributed by atoms with Crippen LogP contribution in [-0.2, 0) is 13.1 Å². The first-order chi connectivity index (χ1) is 11.8. The zero-order valence-electron chi connectivity index (χ0n) is 13.6. The summed E-state index contributed by atoms with van der Waals surface area (Å²) >= 11 is 0. The van der Waals surface area contributed by atoms with Crippen molar-refractivity contribution < 1.29 is 0 Å². The molecule has 0 fully saturated rings. The molecule has 2 aromatic heterocycles. The van der Waals surface area contributed by atoms with E-state index in [1.54, 1.807) is 18.6 Å². The van der Waals surface area contributed by atoms with Gasteiger partial charge in [0.15, 0.2) is 5.82 Å². The molecule has 0 saturated heterocycles. The largest absolute Gasteiger partial charge is 0.351 e. The lowest BCUT2D eigenvalue weighted by atomic mass is 10.2. The molecule has 0 aliphatic heterocycles. The highest BCUT2D eigenvalue weighted by molar-refractivity contribution is 5.41. The molecule has 3 rings (SSSR count). The summed E-state index contributed by atoms with van der Waals surface area (Å²) < 4.78 is 0. The van der Waals surface area contributed by atoms with Gasteiger partial charge in [0.1, 0.15) is 0 Å². The van der Waals surface area contributed by atoms with Gasteiger partial charge in [0.2, 0.25) is 5.95 Å². The molecule has 0 radical (unpaired) electrons. The van der Waals surface area contributed by atoms with E-state index in [4.69, 9.17) is 0 Å². The van der Waals surface area contributed by atoms with Crippen LogP contribution in [0.25, 0.3) is 0 Å². The van der Waals surface area contributed by atoms with E-state index in [1.165, 1.54) is 5.56 Å². The first-order valence-electron chi connectivity index (χ1n) is 7.96. The quantitative estimate of drug-likeness (QED) is 0.722. The third-order valence-corrected chi connectivity index (χ3v) is 3.67. The molecule has 0 unspecified atom stereocenters. The number of hydrogen-bond donors (Lipinski definition) is 1. The van der Waals surface area contributed by atoms with Gasteiger partial charge in [0, 0.05) is 32.0 Å². The van der Waals surface area contributed by atoms with Crippen molar-refractivity contribution in [2.45, 2.75) is 20.0 Å². The van der Waals surface area contributed by atoms with Gasteiger partial charge in [-0.25, -0.2) is 0 Å². The average molecular weight is 320 g/mol. The maximum atomic E-state index is 4.58. The minimum Gasteiger partial charge on any atom is -0.351 e. The highest BCUT2D eigenvalue weighted by atomic mass is 15.3. The molecule has 0 aliphatic carbocycles. The van der Waals surface area contributed by atoms with E-state index in [0.717, 1.165) is 24.5 Å². The van der Waals surface area contributed by atoms with Crippen molar-refractivity contribution in [3.05, 3.63) is 72.2 Å². The van der Waals surface area contributed by atoms with Gasteiger partial charge in [-0.1, -0.05) is 30.3 Å². The van der Waals surface area contributed by atoms with E-state index >= 15 is 0 Å². The van der Waals surface area contributed by atoms with Crippen molar-refractivity contribution in [2.24, 2.45) is 0 Å². The van der Waals surface area contributed by atoms with Crippen molar-refractivity contribution in [1.29, 1.82) is 0 Å². The highest BCUT2D eigenvalue weighted by Crippen LogP contribution is 2.14. The zero-order chi connectivity index (χ0) is 16.6. The number of benzene rings is 1. The van der Waals surface area contributed by atoms with Gasteiger partial charge in [0.25, 0.3) is 0 Å². The molecule has 2 heterocycles. The van der Waals surface area contributed by atoms with Crippen LogP contribution in [0.3, 0.4) is 0 Å². The Bertz CT molecular complexity index is 748. The van der Waals surface area contributed by atoms with Crippen LogP contribution >= 0.6 is 0 Å². The first kappa shape index (κ1) is 15.9. The van der Waals surface area contributed by atoms with Crippen molar-refractivity contribution in [3.8, 4) is 0 Å². The van der Waals surface area contributed by atoms with Crippen molar-refractivity contribution >= 4 is 11.8 Å². The molecule has 0 saturated carbocycles. The molecule has 6 heteroatoms. The molecule has 1 N–H and O–H groups in total. The van der Waals surface area contributed by atoms with Crippen molar-refractivity contribution in [2.75, 3.05) is 16.8 Å². The molecular formula is C18H20N6. The predicted octanol–water partition coefficient (Wildman–Crippen LogP) is 2.91. The highest BCUT2D eigenvalue weighted by Gasteiger charge is 2.09. The average Bonchev–Trinajstić information content (AvgIpc) is 2.66. The smallest absolute Gasteiger partial charge is 0.244 e. The van der Waals surface area contributed by atoms with E-state index in [0.29, 0.717) is 12.5 Å². The minimum absolute atomic E-state index is 0.524. The van der Waals surface area contributed by atoms with E-state index in [-0.39, 0.29) is 0 Å². The van der Waals surface area contributed by atoms with Crippen LogP contribution in [0, 0.1) is 0 Å². The Labute approximate surface area is 141 Å². The molecular weight excluding hydrogens is 300 g/mol. The van der Waals surface area contributed by atoms with Crippen molar-refractivity contribution in [3.63, 3.8) is 0 Å². The third-order valence-electron chi connectivity index (χ3n) is 3.67. The molecule has 0 atom stereocenters. The maximum Gasteiger partial charge on any atom is 0.244 e. The Morgan fingerprint density at radius 1 is 1.00 bits per heavy atom. The fourth-order valence-electron chi connectivity index (χ4n) is 2.36. The van der Waals surface area contributed by atoms with Gasteiger partial charge in [0.05, 0.1) is 6.20 Å². The van der Waals surface area contributed by atoms with E-state index in [2.05, 4.69) is 49.4 Å². The lowest BCUT2D eigenvalue weighted by Crippen LogP contribution is -2.24. The van der Waals surface area contributed by atoms with E-state index in [9.17, 15) is 0 Å². The number of anilines is 2. The van der Waals surface area contributed by atoms with Crippen LogP contribution in [0.2, 0.25) is 0 Å². The number of hydrogen-bond acceptors (Lipinski definition) is 6. The van der Waals surface area contributed by atoms with Gasteiger partial charge in [-0.05, 0) is 30.2 Å². The van der Waals surface area contributed by atoms with Gasteiger partial charge < -0.3 is 10.2 Å². The fraction of sp³-hybridized carbons (Fsp3) is 0.222. The number of nitrogens with zero attached hydrogens (tertiary/aromatic N) is 5. The second-order valence-electron chi connectivity index (χ2n) is 5.35. The van der Waals surface area contributed by atoms with Gasteiger partial charge in [-0.2, -0.15) is 10.1 Å². The standard InChI is InChI=1S/C18H20N6/c1-2-24(14-16-6-4-3-5-7-16)17-13-21-23-18(22-17)20-12-15-8-10-19-11-9-15/h3-11,13H,2,12,14H2,1H3,(H,20,22,23). The van der Waals surface area contributed by atoms with Crippen LogP contribution in [0.4, 0.5) is 11.8 Å². The van der Waals surface area contributed by atoms with Crippen LogP contribution in [0.1, 0.15) is 18.1 Å². The molecule has 1 aromatic carbocycles. The van der Waals surface area contributed by atoms with Crippen LogP contribution in [-0.4, -0.2) is 26.7 Å². The summed E-state index contributed by atoms with van der Waals surface area (Å²) in [7, 11) is 0. The van der Waals surface area contributed by atoms with E-state index < -0.39 is 0 Å². The maximum absolute atomic E-state index is 4.58. The lowest BCUT2D eigenvalue weighted by Gasteiger charge is -2.21. The molecule has 0 bridgehead atoms. The summed E-state index contributed by atoms with van der Waals surface area (Å²) in [4.78, 5) is 10.8. The lowest BCUT2D eigenvalue weighted by molar-refractivity contribution is 0.796. The zero-order valence-corrected chi connectivity index (χ0v) is 13.6. The topological polar surface area (TPSA) is 66.8 Å². The number of pyridine rings is 1. The van der Waals surface area contributed by atoms with Crippen LogP contribution < -0.4 is 10.2 Å². The van der Waals surface area contributed by atoms with Gasteiger partial charge in [-0.3, -0.25) is 4.98 Å². The summed E-state index contributed by atoms with van der Waals surface area (Å²) in [5.74, 6) is 1.34. The van der Waals surface area contributed by atoms with Crippen molar-refractivity contribution in [1.82, 2.24) is 20.2 Å². The number of aromatic nitrogens is 4. The Hall–Kier alpha value is -3.02. The molecule has 24 heavy (non-hydrogen) atoms. The molecule has 0 aliphatic rings. The Morgan fingerprint density at radius 2 is 1.79 bits per heavy atom. The Balaban J connectivity index is 1.69. The predicted molar refractivity (Wildman–Crippen MR) is 94.6 cm³/mol. The summed E-state index contributed by atoms with van der Waals surface area (Å²) in [6, 6.07) is 14.2. The second kappa shape index (κ2) is 8.01. The van der Waals surface area contributed by atoms with Crippen LogP contribution in [0.5, 0.6) is 0 Å². The Kier molecular flexibility index (Phi) is 5.29. The minimum atomic E-state index is 0.524. The molecule has 0 amide bonds. The first-order valence-corrected chi connectivity index (χ1v) is 7.96. The number of nitrogens with one attached hydrogen (secondary N) is 1. The molecule has 6 nitrogen and oxygen atoms in total. The third kappa shape index (κ3) is 4.25. The van der Waals surface area contributed by atoms with Gasteiger partial charge >= 0.3 is 0 Å². The summed E-state index contributed by atoms with van der Waals surface area (Å²) in [6.45, 7) is 4.38. The number of rotatable bonds is 7. The summed E-state index contributed by atoms with van der Waals surface area (Å²) in [5, 5.41) is 11.3. The summed E-state index contributed by atoms with van der Waals surface area (Å²) in [6.07, 6.45) is 5.24. The molecule has 0 spiro atoms. The monoisotopic (exact) mass is 320 g/mol. The normalized spacial score (nSPS) is 10.4. The van der Waals surface area contributed by atoms with E-state index in [1.807, 2.05) is 30.3 Å². The van der Waals surface area contributed by atoms with Gasteiger partial charge in [-0.15, -0.1) is 5.10 Å². The fourth-order valence-corrected chi connectivity index (χ4v) is 2.36. The molecule has 3 aromatic rings. The summed E-state index contributed by atoms with van der Waals surface area (Å²) in [5.41, 5.74) is 2.36. The second-order valence-corrected chi connectivity index (χ2v) is 5.35. The SMILES string of the molecule is CCN(Cc1ccccc1)c1cnnc(NCc2ccncc2)n1.